The van der Waals surface area contributed by atoms with Crippen LogP contribution < -0.4 is 19.4 Å². The molecule has 154 valence electrons. The van der Waals surface area contributed by atoms with E-state index in [1.54, 1.807) is 18.2 Å². The fraction of sp³-hybridized carbons (Fsp3) is 0.429. The Kier molecular flexibility index (Phi) is 5.55. The molecule has 2 aromatic rings. The molecule has 0 spiro atoms. The van der Waals surface area contributed by atoms with Gasteiger partial charge in [0.05, 0.1) is 44.0 Å². The van der Waals surface area contributed by atoms with Crippen LogP contribution in [0.3, 0.4) is 0 Å². The summed E-state index contributed by atoms with van der Waals surface area (Å²) in [6.07, 6.45) is 1.87. The first-order chi connectivity index (χ1) is 14.1. The summed E-state index contributed by atoms with van der Waals surface area (Å²) in [5.74, 6) is 0.563. The molecule has 1 amide bonds. The number of aliphatic hydroxyl groups excluding tert-OH is 1. The van der Waals surface area contributed by atoms with Crippen LogP contribution in [0.4, 0.5) is 22.7 Å². The van der Waals surface area contributed by atoms with E-state index in [2.05, 4.69) is 22.0 Å². The summed E-state index contributed by atoms with van der Waals surface area (Å²) in [6, 6.07) is 10.1. The number of rotatable bonds is 7. The van der Waals surface area contributed by atoms with Gasteiger partial charge in [0.1, 0.15) is 6.54 Å². The van der Waals surface area contributed by atoms with Crippen LogP contribution in [0.1, 0.15) is 6.92 Å². The van der Waals surface area contributed by atoms with Crippen molar-refractivity contribution in [1.29, 1.82) is 0 Å². The highest BCUT2D eigenvalue weighted by Gasteiger charge is 2.31. The van der Waals surface area contributed by atoms with Crippen molar-refractivity contribution in [3.63, 3.8) is 0 Å². The van der Waals surface area contributed by atoms with Crippen LogP contribution in [0.15, 0.2) is 36.5 Å². The van der Waals surface area contributed by atoms with E-state index in [1.807, 2.05) is 30.0 Å². The number of nitrogens with zero attached hydrogens (tertiary/aromatic N) is 4. The maximum Gasteiger partial charge on any atom is 0.247 e. The molecule has 0 radical (unpaired) electrons. The molecule has 2 aliphatic heterocycles. The Morgan fingerprint density at radius 3 is 2.55 bits per heavy atom. The van der Waals surface area contributed by atoms with E-state index in [-0.39, 0.29) is 25.2 Å². The van der Waals surface area contributed by atoms with Gasteiger partial charge in [0.15, 0.2) is 0 Å². The van der Waals surface area contributed by atoms with Crippen LogP contribution in [0.2, 0.25) is 0 Å². The average Bonchev–Trinajstić information content (AvgIpc) is 2.72. The molecule has 1 aromatic heterocycles. The fourth-order valence-electron chi connectivity index (χ4n) is 3.79. The van der Waals surface area contributed by atoms with E-state index in [0.717, 1.165) is 35.8 Å². The Morgan fingerprint density at radius 2 is 1.90 bits per heavy atom. The largest absolute Gasteiger partial charge is 0.481 e. The summed E-state index contributed by atoms with van der Waals surface area (Å²) in [4.78, 5) is 22.9. The lowest BCUT2D eigenvalue weighted by Crippen LogP contribution is -2.52. The molecule has 4 rings (SSSR count). The minimum Gasteiger partial charge on any atom is -0.481 e. The normalized spacial score (nSPS) is 16.7. The molecule has 8 nitrogen and oxygen atoms in total. The average molecular weight is 398 g/mol. The lowest BCUT2D eigenvalue weighted by Gasteiger charge is -2.41. The second kappa shape index (κ2) is 8.26. The number of anilines is 4. The Balaban J connectivity index is 1.55. The molecule has 0 aliphatic carbocycles. The van der Waals surface area contributed by atoms with Gasteiger partial charge < -0.3 is 29.3 Å². The second-order valence-electron chi connectivity index (χ2n) is 7.08. The van der Waals surface area contributed by atoms with Crippen molar-refractivity contribution >= 4 is 28.7 Å². The number of aliphatic hydroxyl groups is 1. The molecule has 29 heavy (non-hydrogen) atoms. The molecule has 1 saturated heterocycles. The predicted molar refractivity (Wildman–Crippen MR) is 111 cm³/mol. The zero-order chi connectivity index (χ0) is 20.4. The number of likely N-dealkylation sites (N-methyl/N-ethyl adjacent to an activating group) is 1. The first-order valence-corrected chi connectivity index (χ1v) is 9.84. The molecule has 1 aromatic carbocycles. The zero-order valence-corrected chi connectivity index (χ0v) is 16.7. The quantitative estimate of drug-likeness (QED) is 0.762. The number of amides is 1. The Morgan fingerprint density at radius 1 is 1.17 bits per heavy atom. The van der Waals surface area contributed by atoms with Crippen LogP contribution in [0, 0.1) is 0 Å². The van der Waals surface area contributed by atoms with Gasteiger partial charge in [-0.2, -0.15) is 0 Å². The van der Waals surface area contributed by atoms with Crippen molar-refractivity contribution in [2.45, 2.75) is 13.0 Å². The number of hydrogen-bond donors (Lipinski definition) is 1. The minimum absolute atomic E-state index is 0.0441. The summed E-state index contributed by atoms with van der Waals surface area (Å²) in [6.45, 7) is 4.90. The standard InChI is InChI=1S/C21H26N4O4/c1-3-24-19-11-22-20(28-2)10-18(19)25(14-21(24)27)16-6-4-15(5-7-16)23-12-17(13-23)29-9-8-26/h4-7,10-11,17,26H,3,8-9,12-14H2,1-2H3. The highest BCUT2D eigenvalue weighted by Crippen LogP contribution is 2.39. The molecule has 3 heterocycles. The number of pyridine rings is 1. The summed E-state index contributed by atoms with van der Waals surface area (Å²) >= 11 is 0. The van der Waals surface area contributed by atoms with E-state index in [1.165, 1.54) is 0 Å². The van der Waals surface area contributed by atoms with Gasteiger partial charge in [0.2, 0.25) is 11.8 Å². The highest BCUT2D eigenvalue weighted by molar-refractivity contribution is 6.05. The Bertz CT molecular complexity index is 867. The Labute approximate surface area is 170 Å². The molecule has 1 fully saturated rings. The minimum atomic E-state index is 0.0441. The lowest BCUT2D eigenvalue weighted by molar-refractivity contribution is -0.117. The van der Waals surface area contributed by atoms with E-state index >= 15 is 0 Å². The zero-order valence-electron chi connectivity index (χ0n) is 16.7. The van der Waals surface area contributed by atoms with Crippen molar-refractivity contribution in [1.82, 2.24) is 4.98 Å². The predicted octanol–water partition coefficient (Wildman–Crippen LogP) is 1.79. The van der Waals surface area contributed by atoms with Crippen molar-refractivity contribution < 1.29 is 19.4 Å². The van der Waals surface area contributed by atoms with Gasteiger partial charge in [-0.05, 0) is 31.2 Å². The maximum absolute atomic E-state index is 12.7. The maximum atomic E-state index is 12.7. The van der Waals surface area contributed by atoms with Gasteiger partial charge in [-0.15, -0.1) is 0 Å². The number of aromatic nitrogens is 1. The topological polar surface area (TPSA) is 78.4 Å². The van der Waals surface area contributed by atoms with Crippen LogP contribution in [-0.4, -0.2) is 68.6 Å². The number of fused-ring (bicyclic) bond motifs is 1. The van der Waals surface area contributed by atoms with Crippen molar-refractivity contribution in [3.8, 4) is 5.88 Å². The third-order valence-corrected chi connectivity index (χ3v) is 5.36. The number of ether oxygens (including phenoxy) is 2. The smallest absolute Gasteiger partial charge is 0.247 e. The van der Waals surface area contributed by atoms with Crippen LogP contribution in [0.25, 0.3) is 0 Å². The summed E-state index contributed by atoms with van der Waals surface area (Å²) in [5.41, 5.74) is 3.76. The van der Waals surface area contributed by atoms with Crippen molar-refractivity contribution in [3.05, 3.63) is 36.5 Å². The Hall–Kier alpha value is -2.84. The molecule has 0 bridgehead atoms. The molecule has 0 unspecified atom stereocenters. The van der Waals surface area contributed by atoms with E-state index < -0.39 is 0 Å². The van der Waals surface area contributed by atoms with E-state index in [4.69, 9.17) is 14.6 Å². The second-order valence-corrected chi connectivity index (χ2v) is 7.08. The van der Waals surface area contributed by atoms with Gasteiger partial charge in [-0.1, -0.05) is 0 Å². The lowest BCUT2D eigenvalue weighted by atomic mass is 10.1. The number of hydrogen-bond acceptors (Lipinski definition) is 7. The summed E-state index contributed by atoms with van der Waals surface area (Å²) in [5, 5.41) is 8.84. The summed E-state index contributed by atoms with van der Waals surface area (Å²) in [7, 11) is 1.59. The number of benzene rings is 1. The third kappa shape index (κ3) is 3.73. The van der Waals surface area contributed by atoms with Gasteiger partial charge in [0, 0.05) is 37.1 Å². The van der Waals surface area contributed by atoms with E-state index in [9.17, 15) is 4.79 Å². The SMILES string of the molecule is CCN1C(=O)CN(c2ccc(N3CC(OCCO)C3)cc2)c2cc(OC)ncc21. The number of carbonyl (C=O) groups is 1. The molecule has 0 saturated carbocycles. The summed E-state index contributed by atoms with van der Waals surface area (Å²) < 4.78 is 10.8. The van der Waals surface area contributed by atoms with E-state index in [0.29, 0.717) is 19.0 Å². The highest BCUT2D eigenvalue weighted by atomic mass is 16.5. The van der Waals surface area contributed by atoms with Crippen LogP contribution >= 0.6 is 0 Å². The van der Waals surface area contributed by atoms with Crippen LogP contribution in [-0.2, 0) is 9.53 Å². The molecular weight excluding hydrogens is 372 g/mol. The van der Waals surface area contributed by atoms with Gasteiger partial charge in [-0.3, -0.25) is 4.79 Å². The monoisotopic (exact) mass is 398 g/mol. The molecule has 1 N–H and O–H groups in total. The fourth-order valence-corrected chi connectivity index (χ4v) is 3.79. The number of methoxy groups -OCH3 is 1. The molecule has 2 aliphatic rings. The number of carbonyl (C=O) groups excluding carboxylic acids is 1. The molecule has 0 atom stereocenters. The molecular formula is C21H26N4O4. The van der Waals surface area contributed by atoms with Gasteiger partial charge in [-0.25, -0.2) is 4.98 Å². The first-order valence-electron chi connectivity index (χ1n) is 9.84. The molecule has 8 heteroatoms. The third-order valence-electron chi connectivity index (χ3n) is 5.36. The first kappa shape index (κ1) is 19.5. The van der Waals surface area contributed by atoms with Crippen molar-refractivity contribution in [2.75, 3.05) is 61.2 Å². The van der Waals surface area contributed by atoms with Gasteiger partial charge in [0.25, 0.3) is 0 Å². The van der Waals surface area contributed by atoms with Crippen molar-refractivity contribution in [2.24, 2.45) is 0 Å². The van der Waals surface area contributed by atoms with Gasteiger partial charge >= 0.3 is 0 Å². The van der Waals surface area contributed by atoms with Crippen LogP contribution in [0.5, 0.6) is 5.88 Å².